The number of amides is 2. The van der Waals surface area contributed by atoms with E-state index < -0.39 is 0 Å². The summed E-state index contributed by atoms with van der Waals surface area (Å²) in [6, 6.07) is 5.55. The van der Waals surface area contributed by atoms with E-state index in [4.69, 9.17) is 0 Å². The average Bonchev–Trinajstić information content (AvgIpc) is 2.41. The van der Waals surface area contributed by atoms with Crippen LogP contribution in [0.25, 0.3) is 6.08 Å². The number of rotatable bonds is 4. The number of benzene rings is 1. The summed E-state index contributed by atoms with van der Waals surface area (Å²) < 4.78 is 0. The molecule has 2 amide bonds. The van der Waals surface area contributed by atoms with Crippen molar-refractivity contribution in [3.63, 3.8) is 0 Å². The second-order valence-electron chi connectivity index (χ2n) is 4.58. The Morgan fingerprint density at radius 2 is 2.26 bits per heavy atom. The van der Waals surface area contributed by atoms with E-state index in [0.717, 1.165) is 23.2 Å². The lowest BCUT2D eigenvalue weighted by molar-refractivity contribution is -0.133. The Morgan fingerprint density at radius 1 is 1.47 bits per heavy atom. The van der Waals surface area contributed by atoms with Crippen LogP contribution in [0, 0.1) is 0 Å². The summed E-state index contributed by atoms with van der Waals surface area (Å²) in [5.41, 5.74) is 3.15. The molecule has 1 fully saturated rings. The van der Waals surface area contributed by atoms with Gasteiger partial charge in [0.15, 0.2) is 0 Å². The highest BCUT2D eigenvalue weighted by Crippen LogP contribution is 2.23. The molecule has 1 aromatic carbocycles. The summed E-state index contributed by atoms with van der Waals surface area (Å²) in [5.74, 6) is -0.444. The summed E-state index contributed by atoms with van der Waals surface area (Å²) >= 11 is 0. The molecule has 4 heteroatoms. The van der Waals surface area contributed by atoms with Crippen LogP contribution in [0.4, 0.5) is 5.69 Å². The molecule has 0 saturated carbocycles. The minimum absolute atomic E-state index is 0.196. The van der Waals surface area contributed by atoms with Gasteiger partial charge >= 0.3 is 0 Å². The minimum atomic E-state index is -0.344. The maximum Gasteiger partial charge on any atom is 0.249 e. The van der Waals surface area contributed by atoms with Gasteiger partial charge in [-0.1, -0.05) is 31.7 Å². The van der Waals surface area contributed by atoms with Gasteiger partial charge in [0.05, 0.1) is 0 Å². The van der Waals surface area contributed by atoms with Crippen molar-refractivity contribution in [2.45, 2.75) is 32.2 Å². The highest BCUT2D eigenvalue weighted by atomic mass is 16.2. The number of piperidine rings is 1. The lowest BCUT2D eigenvalue weighted by Gasteiger charge is -2.24. The molecule has 0 radical (unpaired) electrons. The van der Waals surface area contributed by atoms with Crippen molar-refractivity contribution < 1.29 is 9.59 Å². The molecule has 1 atom stereocenters. The van der Waals surface area contributed by atoms with Crippen LogP contribution in [0.5, 0.6) is 0 Å². The number of carbonyl (C=O) groups is 2. The quantitative estimate of drug-likeness (QED) is 0.813. The number of anilines is 1. The molecule has 0 spiro atoms. The van der Waals surface area contributed by atoms with Gasteiger partial charge in [0, 0.05) is 12.1 Å². The van der Waals surface area contributed by atoms with Gasteiger partial charge in [-0.3, -0.25) is 14.9 Å². The third-order valence-corrected chi connectivity index (χ3v) is 3.35. The van der Waals surface area contributed by atoms with Crippen molar-refractivity contribution in [2.75, 3.05) is 5.32 Å². The van der Waals surface area contributed by atoms with E-state index in [1.807, 2.05) is 24.3 Å². The van der Waals surface area contributed by atoms with Crippen LogP contribution in [0.3, 0.4) is 0 Å². The van der Waals surface area contributed by atoms with Gasteiger partial charge in [0.1, 0.15) is 6.04 Å². The monoisotopic (exact) mass is 258 g/mol. The standard InChI is InChI=1S/C15H18N2O2/c1-3-10-6-5-7-12(11(10)4-2)16-13-8-9-14(18)17-15(13)19/h3,5-7,13,16H,1,4,8-9H2,2H3,(H,17,18,19). The van der Waals surface area contributed by atoms with E-state index in [1.54, 1.807) is 0 Å². The van der Waals surface area contributed by atoms with Crippen molar-refractivity contribution >= 4 is 23.6 Å². The number of nitrogens with one attached hydrogen (secondary N) is 2. The Balaban J connectivity index is 2.21. The fourth-order valence-electron chi connectivity index (χ4n) is 2.34. The van der Waals surface area contributed by atoms with Gasteiger partial charge in [-0.15, -0.1) is 0 Å². The molecule has 1 saturated heterocycles. The zero-order chi connectivity index (χ0) is 13.8. The highest BCUT2D eigenvalue weighted by molar-refractivity contribution is 6.01. The predicted molar refractivity (Wildman–Crippen MR) is 75.7 cm³/mol. The molecule has 1 heterocycles. The van der Waals surface area contributed by atoms with Crippen LogP contribution in [-0.4, -0.2) is 17.9 Å². The molecule has 1 aliphatic heterocycles. The van der Waals surface area contributed by atoms with Crippen molar-refractivity contribution in [2.24, 2.45) is 0 Å². The normalized spacial score (nSPS) is 18.9. The lowest BCUT2D eigenvalue weighted by Crippen LogP contribution is -2.47. The first-order valence-corrected chi connectivity index (χ1v) is 6.50. The fourth-order valence-corrected chi connectivity index (χ4v) is 2.34. The van der Waals surface area contributed by atoms with Crippen molar-refractivity contribution in [3.05, 3.63) is 35.9 Å². The van der Waals surface area contributed by atoms with Gasteiger partial charge < -0.3 is 5.32 Å². The first kappa shape index (κ1) is 13.3. The molecule has 2 N–H and O–H groups in total. The molecule has 1 aliphatic rings. The largest absolute Gasteiger partial charge is 0.373 e. The Kier molecular flexibility index (Phi) is 4.00. The number of hydrogen-bond donors (Lipinski definition) is 2. The molecule has 0 aromatic heterocycles. The van der Waals surface area contributed by atoms with Gasteiger partial charge in [-0.05, 0) is 30.0 Å². The Morgan fingerprint density at radius 3 is 2.89 bits per heavy atom. The molecule has 19 heavy (non-hydrogen) atoms. The third-order valence-electron chi connectivity index (χ3n) is 3.35. The van der Waals surface area contributed by atoms with Gasteiger partial charge in [-0.2, -0.15) is 0 Å². The maximum absolute atomic E-state index is 11.7. The van der Waals surface area contributed by atoms with E-state index in [0.29, 0.717) is 12.8 Å². The Hall–Kier alpha value is -2.10. The molecule has 1 aromatic rings. The van der Waals surface area contributed by atoms with Crippen LogP contribution >= 0.6 is 0 Å². The van der Waals surface area contributed by atoms with Gasteiger partial charge in [0.25, 0.3) is 0 Å². The fraction of sp³-hybridized carbons (Fsp3) is 0.333. The summed E-state index contributed by atoms with van der Waals surface area (Å²) in [6.45, 7) is 5.87. The smallest absolute Gasteiger partial charge is 0.249 e. The van der Waals surface area contributed by atoms with E-state index in [-0.39, 0.29) is 17.9 Å². The van der Waals surface area contributed by atoms with E-state index >= 15 is 0 Å². The minimum Gasteiger partial charge on any atom is -0.373 e. The summed E-state index contributed by atoms with van der Waals surface area (Å²) in [5, 5.41) is 5.59. The maximum atomic E-state index is 11.7. The van der Waals surface area contributed by atoms with Crippen molar-refractivity contribution in [1.29, 1.82) is 0 Å². The molecule has 4 nitrogen and oxygen atoms in total. The van der Waals surface area contributed by atoms with Crippen LogP contribution in [-0.2, 0) is 16.0 Å². The van der Waals surface area contributed by atoms with Crippen molar-refractivity contribution in [1.82, 2.24) is 5.32 Å². The Bertz CT molecular complexity index is 523. The second-order valence-corrected chi connectivity index (χ2v) is 4.58. The van der Waals surface area contributed by atoms with Crippen LogP contribution in [0.2, 0.25) is 0 Å². The lowest BCUT2D eigenvalue weighted by atomic mass is 10.0. The summed E-state index contributed by atoms with van der Waals surface area (Å²) in [4.78, 5) is 22.9. The third kappa shape index (κ3) is 2.84. The first-order valence-electron chi connectivity index (χ1n) is 6.50. The predicted octanol–water partition coefficient (Wildman–Crippen LogP) is 2.11. The Labute approximate surface area is 112 Å². The van der Waals surface area contributed by atoms with E-state index in [9.17, 15) is 9.59 Å². The molecule has 0 bridgehead atoms. The number of carbonyl (C=O) groups excluding carboxylic acids is 2. The topological polar surface area (TPSA) is 58.2 Å². The molecule has 1 unspecified atom stereocenters. The first-order chi connectivity index (χ1) is 9.15. The molecule has 100 valence electrons. The van der Waals surface area contributed by atoms with Gasteiger partial charge in [0.2, 0.25) is 11.8 Å². The second kappa shape index (κ2) is 5.69. The molecule has 2 rings (SSSR count). The van der Waals surface area contributed by atoms with E-state index in [1.165, 1.54) is 0 Å². The zero-order valence-corrected chi connectivity index (χ0v) is 11.0. The summed E-state index contributed by atoms with van der Waals surface area (Å²) in [7, 11) is 0. The van der Waals surface area contributed by atoms with Crippen molar-refractivity contribution in [3.8, 4) is 0 Å². The van der Waals surface area contributed by atoms with Crippen LogP contribution in [0.15, 0.2) is 24.8 Å². The SMILES string of the molecule is C=Cc1cccc(NC2CCC(=O)NC2=O)c1CC. The summed E-state index contributed by atoms with van der Waals surface area (Å²) in [6.07, 6.45) is 3.59. The molecular formula is C15H18N2O2. The van der Waals surface area contributed by atoms with E-state index in [2.05, 4.69) is 24.1 Å². The average molecular weight is 258 g/mol. The molecular weight excluding hydrogens is 240 g/mol. The number of imide groups is 1. The highest BCUT2D eigenvalue weighted by Gasteiger charge is 2.26. The van der Waals surface area contributed by atoms with Crippen LogP contribution in [0.1, 0.15) is 30.9 Å². The van der Waals surface area contributed by atoms with Gasteiger partial charge in [-0.25, -0.2) is 0 Å². The van der Waals surface area contributed by atoms with Crippen LogP contribution < -0.4 is 10.6 Å². The molecule has 0 aliphatic carbocycles. The number of hydrogen-bond acceptors (Lipinski definition) is 3. The zero-order valence-electron chi connectivity index (χ0n) is 11.0.